The van der Waals surface area contributed by atoms with Crippen molar-refractivity contribution in [2.75, 3.05) is 11.5 Å². The monoisotopic (exact) mass is 276 g/mol. The van der Waals surface area contributed by atoms with Crippen molar-refractivity contribution < 1.29 is 19.5 Å². The van der Waals surface area contributed by atoms with Gasteiger partial charge in [0.1, 0.15) is 6.04 Å². The van der Waals surface area contributed by atoms with Crippen LogP contribution in [0, 0.1) is 5.41 Å². The second-order valence-corrected chi connectivity index (χ2v) is 6.08. The molecule has 4 N–H and O–H groups in total. The van der Waals surface area contributed by atoms with Crippen molar-refractivity contribution in [2.24, 2.45) is 11.1 Å². The highest BCUT2D eigenvalue weighted by Crippen LogP contribution is 2.19. The van der Waals surface area contributed by atoms with Crippen molar-refractivity contribution in [1.82, 2.24) is 5.32 Å². The number of primary amides is 1. The van der Waals surface area contributed by atoms with Gasteiger partial charge in [0.25, 0.3) is 0 Å². The molecule has 0 fully saturated rings. The zero-order valence-electron chi connectivity index (χ0n) is 10.9. The summed E-state index contributed by atoms with van der Waals surface area (Å²) in [7, 11) is 0. The van der Waals surface area contributed by atoms with E-state index in [0.29, 0.717) is 5.75 Å². The van der Waals surface area contributed by atoms with Crippen LogP contribution >= 0.6 is 11.8 Å². The van der Waals surface area contributed by atoms with E-state index in [0.717, 1.165) is 0 Å². The Morgan fingerprint density at radius 2 is 1.89 bits per heavy atom. The molecule has 0 bridgehead atoms. The second kappa shape index (κ2) is 7.25. The number of aliphatic carboxylic acids is 1. The Bertz CT molecular complexity index is 325. The molecule has 0 aliphatic heterocycles. The maximum atomic E-state index is 11.5. The zero-order valence-corrected chi connectivity index (χ0v) is 11.7. The summed E-state index contributed by atoms with van der Waals surface area (Å²) in [5.41, 5.74) is 4.40. The van der Waals surface area contributed by atoms with E-state index in [-0.39, 0.29) is 18.1 Å². The van der Waals surface area contributed by atoms with Crippen LogP contribution in [0.1, 0.15) is 27.2 Å². The van der Waals surface area contributed by atoms with E-state index in [1.165, 1.54) is 11.8 Å². The van der Waals surface area contributed by atoms with E-state index in [1.54, 1.807) is 20.8 Å². The van der Waals surface area contributed by atoms with Crippen molar-refractivity contribution in [3.8, 4) is 0 Å². The fourth-order valence-corrected chi connectivity index (χ4v) is 1.89. The van der Waals surface area contributed by atoms with Gasteiger partial charge in [-0.15, -0.1) is 0 Å². The van der Waals surface area contributed by atoms with Crippen LogP contribution < -0.4 is 11.1 Å². The first-order valence-corrected chi connectivity index (χ1v) is 6.68. The van der Waals surface area contributed by atoms with Gasteiger partial charge in [-0.25, -0.2) is 4.79 Å². The normalized spacial score (nSPS) is 12.8. The van der Waals surface area contributed by atoms with Gasteiger partial charge >= 0.3 is 5.97 Å². The van der Waals surface area contributed by atoms with Gasteiger partial charge in [0.2, 0.25) is 11.8 Å². The van der Waals surface area contributed by atoms with Gasteiger partial charge < -0.3 is 16.2 Å². The summed E-state index contributed by atoms with van der Waals surface area (Å²) in [4.78, 5) is 33.0. The van der Waals surface area contributed by atoms with Crippen LogP contribution in [-0.4, -0.2) is 40.4 Å². The molecule has 0 aliphatic rings. The molecule has 0 aromatic carbocycles. The van der Waals surface area contributed by atoms with Gasteiger partial charge in [-0.3, -0.25) is 9.59 Å². The summed E-state index contributed by atoms with van der Waals surface area (Å²) in [6, 6.07) is -0.925. The lowest BCUT2D eigenvalue weighted by molar-refractivity contribution is -0.144. The number of hydrogen-bond acceptors (Lipinski definition) is 4. The Labute approximate surface area is 111 Å². The highest BCUT2D eigenvalue weighted by atomic mass is 32.2. The summed E-state index contributed by atoms with van der Waals surface area (Å²) in [5, 5.41) is 11.5. The van der Waals surface area contributed by atoms with E-state index in [9.17, 15) is 14.4 Å². The highest BCUT2D eigenvalue weighted by molar-refractivity contribution is 7.99. The highest BCUT2D eigenvalue weighted by Gasteiger charge is 2.32. The Morgan fingerprint density at radius 3 is 2.28 bits per heavy atom. The Balaban J connectivity index is 4.12. The summed E-state index contributed by atoms with van der Waals surface area (Å²) in [5.74, 6) is -1.23. The van der Waals surface area contributed by atoms with Crippen LogP contribution in [0.4, 0.5) is 0 Å². The van der Waals surface area contributed by atoms with E-state index in [2.05, 4.69) is 5.32 Å². The topological polar surface area (TPSA) is 109 Å². The minimum absolute atomic E-state index is 0.162. The van der Waals surface area contributed by atoms with Gasteiger partial charge in [-0.1, -0.05) is 20.8 Å². The molecule has 0 aliphatic carbocycles. The minimum atomic E-state index is -1.05. The van der Waals surface area contributed by atoms with Crippen molar-refractivity contribution in [1.29, 1.82) is 0 Å². The maximum absolute atomic E-state index is 11.5. The van der Waals surface area contributed by atoms with Crippen LogP contribution in [-0.2, 0) is 14.4 Å². The van der Waals surface area contributed by atoms with Gasteiger partial charge in [-0.2, -0.15) is 11.8 Å². The molecule has 104 valence electrons. The fraction of sp³-hybridized carbons (Fsp3) is 0.727. The quantitative estimate of drug-likeness (QED) is 0.576. The van der Waals surface area contributed by atoms with Gasteiger partial charge in [0, 0.05) is 12.2 Å². The first-order valence-electron chi connectivity index (χ1n) is 5.53. The van der Waals surface area contributed by atoms with E-state index >= 15 is 0 Å². The number of carboxylic acid groups (broad SMARTS) is 1. The van der Waals surface area contributed by atoms with Crippen LogP contribution in [0.15, 0.2) is 0 Å². The van der Waals surface area contributed by atoms with E-state index in [4.69, 9.17) is 10.8 Å². The summed E-state index contributed by atoms with van der Waals surface area (Å²) in [6.07, 6.45) is 0.164. The lowest BCUT2D eigenvalue weighted by Crippen LogP contribution is -2.49. The largest absolute Gasteiger partial charge is 0.480 e. The molecular weight excluding hydrogens is 256 g/mol. The molecule has 0 rings (SSSR count). The molecular formula is C11H20N2O4S. The molecule has 0 aromatic heterocycles. The number of hydrogen-bond donors (Lipinski definition) is 3. The van der Waals surface area contributed by atoms with Crippen LogP contribution in [0.5, 0.6) is 0 Å². The average molecular weight is 276 g/mol. The molecule has 0 saturated carbocycles. The van der Waals surface area contributed by atoms with Gasteiger partial charge in [0.05, 0.1) is 5.75 Å². The molecule has 0 heterocycles. The van der Waals surface area contributed by atoms with Gasteiger partial charge in [-0.05, 0) is 5.41 Å². The van der Waals surface area contributed by atoms with Crippen LogP contribution in [0.2, 0.25) is 0 Å². The Hall–Kier alpha value is -1.24. The standard InChI is InChI=1S/C11H20N2O4S/c1-11(2,3)9(10(16)17)13-8(15)4-5-18-6-7(12)14/h9H,4-6H2,1-3H3,(H2,12,14)(H,13,15)(H,16,17)/t9-/m0/s1. The third-order valence-electron chi connectivity index (χ3n) is 2.14. The number of nitrogens with two attached hydrogens (primary N) is 1. The molecule has 0 spiro atoms. The predicted molar refractivity (Wildman–Crippen MR) is 70.2 cm³/mol. The molecule has 6 nitrogen and oxygen atoms in total. The first-order chi connectivity index (χ1) is 8.14. The Kier molecular flexibility index (Phi) is 6.75. The number of amides is 2. The lowest BCUT2D eigenvalue weighted by atomic mass is 9.87. The lowest BCUT2D eigenvalue weighted by Gasteiger charge is -2.27. The van der Waals surface area contributed by atoms with Crippen LogP contribution in [0.25, 0.3) is 0 Å². The first kappa shape index (κ1) is 16.8. The SMILES string of the molecule is CC(C)(C)[C@@H](NC(=O)CCSCC(N)=O)C(=O)O. The minimum Gasteiger partial charge on any atom is -0.480 e. The smallest absolute Gasteiger partial charge is 0.326 e. The molecule has 1 atom stereocenters. The van der Waals surface area contributed by atoms with Crippen LogP contribution in [0.3, 0.4) is 0 Å². The maximum Gasteiger partial charge on any atom is 0.326 e. The number of rotatable bonds is 7. The number of nitrogens with one attached hydrogen (secondary N) is 1. The molecule has 18 heavy (non-hydrogen) atoms. The number of carbonyl (C=O) groups excluding carboxylic acids is 2. The molecule has 0 radical (unpaired) electrons. The third kappa shape index (κ3) is 7.16. The molecule has 2 amide bonds. The summed E-state index contributed by atoms with van der Waals surface area (Å²) < 4.78 is 0. The molecule has 0 unspecified atom stereocenters. The van der Waals surface area contributed by atoms with Crippen molar-refractivity contribution in [3.05, 3.63) is 0 Å². The van der Waals surface area contributed by atoms with Gasteiger partial charge in [0.15, 0.2) is 0 Å². The summed E-state index contributed by atoms with van der Waals surface area (Å²) >= 11 is 1.25. The fourth-order valence-electron chi connectivity index (χ4n) is 1.22. The third-order valence-corrected chi connectivity index (χ3v) is 3.12. The molecule has 0 aromatic rings. The average Bonchev–Trinajstić information content (AvgIpc) is 2.18. The summed E-state index contributed by atoms with van der Waals surface area (Å²) in [6.45, 7) is 5.23. The van der Waals surface area contributed by atoms with E-state index < -0.39 is 23.3 Å². The van der Waals surface area contributed by atoms with Crippen molar-refractivity contribution in [2.45, 2.75) is 33.2 Å². The zero-order chi connectivity index (χ0) is 14.3. The second-order valence-electron chi connectivity index (χ2n) is 4.97. The molecule has 0 saturated heterocycles. The Morgan fingerprint density at radius 1 is 1.33 bits per heavy atom. The number of carbonyl (C=O) groups is 3. The van der Waals surface area contributed by atoms with Crippen molar-refractivity contribution in [3.63, 3.8) is 0 Å². The number of carboxylic acids is 1. The number of thioether (sulfide) groups is 1. The molecule has 7 heteroatoms. The van der Waals surface area contributed by atoms with E-state index in [1.807, 2.05) is 0 Å². The predicted octanol–water partition coefficient (Wildman–Crippen LogP) is 0.211. The van der Waals surface area contributed by atoms with Crippen molar-refractivity contribution >= 4 is 29.5 Å².